The van der Waals surface area contributed by atoms with Gasteiger partial charge in [0, 0.05) is 42.7 Å². The van der Waals surface area contributed by atoms with E-state index in [4.69, 9.17) is 0 Å². The maximum Gasteiger partial charge on any atom is 0.0473 e. The first kappa shape index (κ1) is 13.5. The maximum absolute atomic E-state index is 3.72. The minimum atomic E-state index is 0.546. The van der Waals surface area contributed by atoms with Crippen LogP contribution in [-0.2, 0) is 0 Å². The maximum atomic E-state index is 3.72. The molecular formula is C16H24N2S. The Hall–Kier alpha value is -0.510. The minimum Gasteiger partial charge on any atom is -0.312 e. The molecule has 1 saturated carbocycles. The molecule has 2 unspecified atom stereocenters. The van der Waals surface area contributed by atoms with Crippen LogP contribution in [0.5, 0.6) is 0 Å². The van der Waals surface area contributed by atoms with Crippen molar-refractivity contribution in [3.8, 4) is 0 Å². The van der Waals surface area contributed by atoms with E-state index < -0.39 is 0 Å². The van der Waals surface area contributed by atoms with Crippen LogP contribution >= 0.6 is 11.8 Å². The summed E-state index contributed by atoms with van der Waals surface area (Å²) in [7, 11) is 0. The predicted octanol–water partition coefficient (Wildman–Crippen LogP) is 2.92. The fourth-order valence-corrected chi connectivity index (χ4v) is 3.87. The number of thioether (sulfide) groups is 1. The van der Waals surface area contributed by atoms with Crippen molar-refractivity contribution < 1.29 is 0 Å². The standard InChI is InChI=1S/C16H24N2S/c1-13-12-18(9-10-19-13)16(11-17-15-7-8-15)14-5-3-2-4-6-14/h2-6,13,15-17H,7-12H2,1H3. The molecule has 1 aromatic carbocycles. The molecule has 0 spiro atoms. The molecule has 19 heavy (non-hydrogen) atoms. The number of nitrogens with one attached hydrogen (secondary N) is 1. The molecule has 1 aliphatic heterocycles. The Morgan fingerprint density at radius 1 is 1.32 bits per heavy atom. The van der Waals surface area contributed by atoms with E-state index in [-0.39, 0.29) is 0 Å². The number of rotatable bonds is 5. The van der Waals surface area contributed by atoms with E-state index in [9.17, 15) is 0 Å². The zero-order valence-electron chi connectivity index (χ0n) is 11.7. The third-order valence-electron chi connectivity index (χ3n) is 4.07. The van der Waals surface area contributed by atoms with E-state index in [1.807, 2.05) is 0 Å². The molecule has 3 heteroatoms. The Morgan fingerprint density at radius 3 is 2.79 bits per heavy atom. The number of benzene rings is 1. The van der Waals surface area contributed by atoms with E-state index in [0.29, 0.717) is 6.04 Å². The van der Waals surface area contributed by atoms with E-state index in [1.54, 1.807) is 0 Å². The number of hydrogen-bond donors (Lipinski definition) is 1. The van der Waals surface area contributed by atoms with Gasteiger partial charge in [-0.2, -0.15) is 11.8 Å². The third-order valence-corrected chi connectivity index (χ3v) is 5.21. The molecule has 2 nitrogen and oxygen atoms in total. The summed E-state index contributed by atoms with van der Waals surface area (Å²) >= 11 is 2.11. The summed E-state index contributed by atoms with van der Waals surface area (Å²) in [5.41, 5.74) is 1.47. The lowest BCUT2D eigenvalue weighted by Gasteiger charge is -2.37. The highest BCUT2D eigenvalue weighted by Crippen LogP contribution is 2.28. The quantitative estimate of drug-likeness (QED) is 0.890. The predicted molar refractivity (Wildman–Crippen MR) is 83.7 cm³/mol. The summed E-state index contributed by atoms with van der Waals surface area (Å²) in [6.07, 6.45) is 2.74. The molecule has 0 radical (unpaired) electrons. The van der Waals surface area contributed by atoms with Gasteiger partial charge in [-0.3, -0.25) is 4.90 Å². The Bertz CT molecular complexity index is 391. The van der Waals surface area contributed by atoms with Gasteiger partial charge >= 0.3 is 0 Å². The summed E-state index contributed by atoms with van der Waals surface area (Å²) in [4.78, 5) is 2.67. The van der Waals surface area contributed by atoms with E-state index >= 15 is 0 Å². The van der Waals surface area contributed by atoms with Crippen LogP contribution in [0.3, 0.4) is 0 Å². The average Bonchev–Trinajstić information content (AvgIpc) is 3.25. The fourth-order valence-electron chi connectivity index (χ4n) is 2.83. The second-order valence-electron chi connectivity index (χ2n) is 5.79. The van der Waals surface area contributed by atoms with E-state index in [2.05, 4.69) is 59.2 Å². The molecule has 3 rings (SSSR count). The van der Waals surface area contributed by atoms with E-state index in [1.165, 1.54) is 37.2 Å². The summed E-state index contributed by atoms with van der Waals surface area (Å²) in [6, 6.07) is 12.4. The molecule has 0 bridgehead atoms. The molecular weight excluding hydrogens is 252 g/mol. The molecule has 1 N–H and O–H groups in total. The van der Waals surface area contributed by atoms with Crippen molar-refractivity contribution in [2.45, 2.75) is 37.1 Å². The molecule has 2 atom stereocenters. The van der Waals surface area contributed by atoms with Crippen LogP contribution < -0.4 is 5.32 Å². The van der Waals surface area contributed by atoms with Crippen LogP contribution in [0, 0.1) is 0 Å². The van der Waals surface area contributed by atoms with Crippen molar-refractivity contribution in [1.82, 2.24) is 10.2 Å². The van der Waals surface area contributed by atoms with Gasteiger partial charge in [-0.05, 0) is 18.4 Å². The highest BCUT2D eigenvalue weighted by Gasteiger charge is 2.28. The second kappa shape index (κ2) is 6.29. The molecule has 1 heterocycles. The summed E-state index contributed by atoms with van der Waals surface area (Å²) in [5, 5.41) is 4.48. The Balaban J connectivity index is 1.70. The van der Waals surface area contributed by atoms with Gasteiger partial charge in [0.05, 0.1) is 0 Å². The summed E-state index contributed by atoms with van der Waals surface area (Å²) < 4.78 is 0. The van der Waals surface area contributed by atoms with Gasteiger partial charge in [-0.25, -0.2) is 0 Å². The van der Waals surface area contributed by atoms with Crippen molar-refractivity contribution >= 4 is 11.8 Å². The Kier molecular flexibility index (Phi) is 4.46. The number of hydrogen-bond acceptors (Lipinski definition) is 3. The normalized spacial score (nSPS) is 26.3. The second-order valence-corrected chi connectivity index (χ2v) is 7.33. The monoisotopic (exact) mass is 276 g/mol. The van der Waals surface area contributed by atoms with Gasteiger partial charge in [-0.1, -0.05) is 37.3 Å². The van der Waals surface area contributed by atoms with Gasteiger partial charge in [0.25, 0.3) is 0 Å². The highest BCUT2D eigenvalue weighted by atomic mass is 32.2. The van der Waals surface area contributed by atoms with Crippen molar-refractivity contribution in [2.24, 2.45) is 0 Å². The van der Waals surface area contributed by atoms with Crippen molar-refractivity contribution in [3.05, 3.63) is 35.9 Å². The highest BCUT2D eigenvalue weighted by molar-refractivity contribution is 7.99. The summed E-state index contributed by atoms with van der Waals surface area (Å²) in [6.45, 7) is 5.90. The van der Waals surface area contributed by atoms with Crippen molar-refractivity contribution in [2.75, 3.05) is 25.4 Å². The smallest absolute Gasteiger partial charge is 0.0473 e. The first-order chi connectivity index (χ1) is 9.33. The SMILES string of the molecule is CC1CN(C(CNC2CC2)c2ccccc2)CCS1. The molecule has 2 fully saturated rings. The van der Waals surface area contributed by atoms with Gasteiger partial charge in [0.15, 0.2) is 0 Å². The Labute approximate surface area is 121 Å². The van der Waals surface area contributed by atoms with Crippen LogP contribution in [0.15, 0.2) is 30.3 Å². The Morgan fingerprint density at radius 2 is 2.11 bits per heavy atom. The molecule has 1 saturated heterocycles. The molecule has 1 aromatic rings. The topological polar surface area (TPSA) is 15.3 Å². The average molecular weight is 276 g/mol. The van der Waals surface area contributed by atoms with Crippen LogP contribution in [0.25, 0.3) is 0 Å². The van der Waals surface area contributed by atoms with Crippen LogP contribution in [0.1, 0.15) is 31.4 Å². The summed E-state index contributed by atoms with van der Waals surface area (Å²) in [5.74, 6) is 1.27. The molecule has 104 valence electrons. The zero-order valence-corrected chi connectivity index (χ0v) is 12.5. The lowest BCUT2D eigenvalue weighted by molar-refractivity contribution is 0.201. The largest absolute Gasteiger partial charge is 0.312 e. The van der Waals surface area contributed by atoms with Gasteiger partial charge in [0.2, 0.25) is 0 Å². The lowest BCUT2D eigenvalue weighted by atomic mass is 10.0. The van der Waals surface area contributed by atoms with E-state index in [0.717, 1.165) is 17.8 Å². The van der Waals surface area contributed by atoms with Gasteiger partial charge < -0.3 is 5.32 Å². The van der Waals surface area contributed by atoms with Crippen LogP contribution in [0.4, 0.5) is 0 Å². The van der Waals surface area contributed by atoms with Gasteiger partial charge in [-0.15, -0.1) is 0 Å². The first-order valence-corrected chi connectivity index (χ1v) is 8.52. The first-order valence-electron chi connectivity index (χ1n) is 7.47. The van der Waals surface area contributed by atoms with Crippen molar-refractivity contribution in [3.63, 3.8) is 0 Å². The van der Waals surface area contributed by atoms with Crippen molar-refractivity contribution in [1.29, 1.82) is 0 Å². The lowest BCUT2D eigenvalue weighted by Crippen LogP contribution is -2.43. The zero-order chi connectivity index (χ0) is 13.1. The van der Waals surface area contributed by atoms with Gasteiger partial charge in [0.1, 0.15) is 0 Å². The molecule has 1 aliphatic carbocycles. The molecule has 0 aromatic heterocycles. The number of nitrogens with zero attached hydrogens (tertiary/aromatic N) is 1. The molecule has 2 aliphatic rings. The minimum absolute atomic E-state index is 0.546. The third kappa shape index (κ3) is 3.74. The fraction of sp³-hybridized carbons (Fsp3) is 0.625. The van der Waals surface area contributed by atoms with Crippen LogP contribution in [-0.4, -0.2) is 41.6 Å². The molecule has 0 amide bonds. The van der Waals surface area contributed by atoms with Crippen LogP contribution in [0.2, 0.25) is 0 Å².